The second kappa shape index (κ2) is 7.06. The summed E-state index contributed by atoms with van der Waals surface area (Å²) in [6, 6.07) is 14.7. The predicted molar refractivity (Wildman–Crippen MR) is 90.8 cm³/mol. The van der Waals surface area contributed by atoms with Crippen LogP contribution in [0.4, 0.5) is 4.39 Å². The quantitative estimate of drug-likeness (QED) is 0.541. The number of benzene rings is 2. The molecule has 0 spiro atoms. The van der Waals surface area contributed by atoms with E-state index < -0.39 is 0 Å². The van der Waals surface area contributed by atoms with Crippen LogP contribution in [0.25, 0.3) is 0 Å². The molecule has 106 valence electrons. The van der Waals surface area contributed by atoms with Crippen molar-refractivity contribution in [3.63, 3.8) is 0 Å². The van der Waals surface area contributed by atoms with E-state index in [1.165, 1.54) is 6.07 Å². The fraction of sp³-hybridized carbons (Fsp3) is 0.250. The van der Waals surface area contributed by atoms with E-state index in [9.17, 15) is 4.39 Å². The molecular formula is C16H14Br2ClF. The maximum absolute atomic E-state index is 13.9. The third-order valence-electron chi connectivity index (χ3n) is 3.45. The number of halogens is 4. The van der Waals surface area contributed by atoms with Gasteiger partial charge in [0.1, 0.15) is 5.82 Å². The SMILES string of the molecule is Fc1ccccc1CC(CBr)(CBr)c1ccc(Cl)cc1. The van der Waals surface area contributed by atoms with E-state index >= 15 is 0 Å². The Bertz CT molecular complexity index is 565. The summed E-state index contributed by atoms with van der Waals surface area (Å²) in [4.78, 5) is 0. The molecular weight excluding hydrogens is 406 g/mol. The third-order valence-corrected chi connectivity index (χ3v) is 5.85. The maximum Gasteiger partial charge on any atom is 0.126 e. The van der Waals surface area contributed by atoms with Crippen LogP contribution in [-0.2, 0) is 11.8 Å². The average molecular weight is 421 g/mol. The van der Waals surface area contributed by atoms with Crippen molar-refractivity contribution in [1.82, 2.24) is 0 Å². The number of rotatable bonds is 5. The van der Waals surface area contributed by atoms with Gasteiger partial charge in [0.25, 0.3) is 0 Å². The molecule has 0 saturated carbocycles. The van der Waals surface area contributed by atoms with Crippen molar-refractivity contribution >= 4 is 43.5 Å². The van der Waals surface area contributed by atoms with Gasteiger partial charge in [-0.1, -0.05) is 73.8 Å². The summed E-state index contributed by atoms with van der Waals surface area (Å²) in [5.41, 5.74) is 1.66. The summed E-state index contributed by atoms with van der Waals surface area (Å²) < 4.78 is 13.9. The largest absolute Gasteiger partial charge is 0.207 e. The molecule has 0 aromatic heterocycles. The molecule has 4 heteroatoms. The van der Waals surface area contributed by atoms with Gasteiger partial charge in [-0.05, 0) is 35.7 Å². The monoisotopic (exact) mass is 418 g/mol. The van der Waals surface area contributed by atoms with Crippen LogP contribution in [0.15, 0.2) is 48.5 Å². The molecule has 0 saturated heterocycles. The average Bonchev–Trinajstić information content (AvgIpc) is 2.48. The lowest BCUT2D eigenvalue weighted by molar-refractivity contribution is 0.523. The van der Waals surface area contributed by atoms with Crippen molar-refractivity contribution < 1.29 is 4.39 Å². The standard InChI is InChI=1S/C16H14Br2ClF/c17-10-16(11-18,13-5-7-14(19)8-6-13)9-12-3-1-2-4-15(12)20/h1-8H,9-11H2. The van der Waals surface area contributed by atoms with E-state index in [0.717, 1.165) is 21.8 Å². The molecule has 0 nitrogen and oxygen atoms in total. The van der Waals surface area contributed by atoms with Gasteiger partial charge in [-0.15, -0.1) is 0 Å². The molecule has 0 atom stereocenters. The summed E-state index contributed by atoms with van der Waals surface area (Å²) in [5.74, 6) is -0.160. The molecule has 0 aliphatic heterocycles. The van der Waals surface area contributed by atoms with Gasteiger partial charge in [0.05, 0.1) is 0 Å². The van der Waals surface area contributed by atoms with Crippen LogP contribution in [0.3, 0.4) is 0 Å². The zero-order valence-corrected chi connectivity index (χ0v) is 14.7. The Balaban J connectivity index is 2.39. The van der Waals surface area contributed by atoms with Crippen molar-refractivity contribution in [2.45, 2.75) is 11.8 Å². The number of alkyl halides is 2. The first kappa shape index (κ1) is 16.0. The molecule has 2 aromatic rings. The lowest BCUT2D eigenvalue weighted by atomic mass is 9.79. The van der Waals surface area contributed by atoms with Crippen molar-refractivity contribution in [2.75, 3.05) is 10.7 Å². The summed E-state index contributed by atoms with van der Waals surface area (Å²) in [7, 11) is 0. The minimum atomic E-state index is -0.202. The first-order valence-corrected chi connectivity index (χ1v) is 8.85. The van der Waals surface area contributed by atoms with E-state index in [-0.39, 0.29) is 11.2 Å². The summed E-state index contributed by atoms with van der Waals surface area (Å²) >= 11 is 13.1. The topological polar surface area (TPSA) is 0 Å². The van der Waals surface area contributed by atoms with Crippen molar-refractivity contribution in [1.29, 1.82) is 0 Å². The normalized spacial score (nSPS) is 11.6. The predicted octanol–water partition coefficient (Wildman–Crippen LogP) is 5.75. The minimum absolute atomic E-state index is 0.160. The molecule has 0 N–H and O–H groups in total. The molecule has 0 aliphatic rings. The Labute approximate surface area is 140 Å². The van der Waals surface area contributed by atoms with Gasteiger partial charge in [-0.25, -0.2) is 4.39 Å². The molecule has 0 unspecified atom stereocenters. The summed E-state index contributed by atoms with van der Waals surface area (Å²) in [5, 5.41) is 2.18. The fourth-order valence-electron chi connectivity index (χ4n) is 2.20. The number of hydrogen-bond acceptors (Lipinski definition) is 0. The first-order valence-electron chi connectivity index (χ1n) is 6.23. The van der Waals surface area contributed by atoms with Crippen molar-refractivity contribution in [3.05, 3.63) is 70.5 Å². The molecule has 0 fully saturated rings. The fourth-order valence-corrected chi connectivity index (χ4v) is 4.29. The van der Waals surface area contributed by atoms with Crippen molar-refractivity contribution in [2.24, 2.45) is 0 Å². The Morgan fingerprint density at radius 3 is 2.10 bits per heavy atom. The molecule has 2 aromatic carbocycles. The zero-order chi connectivity index (χ0) is 14.6. The highest BCUT2D eigenvalue weighted by Crippen LogP contribution is 2.34. The van der Waals surface area contributed by atoms with Gasteiger partial charge in [0.15, 0.2) is 0 Å². The molecule has 0 aliphatic carbocycles. The lowest BCUT2D eigenvalue weighted by Gasteiger charge is -2.31. The first-order chi connectivity index (χ1) is 9.61. The molecule has 2 rings (SSSR count). The maximum atomic E-state index is 13.9. The third kappa shape index (κ3) is 3.44. The van der Waals surface area contributed by atoms with E-state index in [2.05, 4.69) is 31.9 Å². The highest BCUT2D eigenvalue weighted by Gasteiger charge is 2.31. The lowest BCUT2D eigenvalue weighted by Crippen LogP contribution is -2.33. The van der Waals surface area contributed by atoms with Crippen LogP contribution in [0.1, 0.15) is 11.1 Å². The summed E-state index contributed by atoms with van der Waals surface area (Å²) in [6.07, 6.45) is 0.623. The van der Waals surface area contributed by atoms with Crippen LogP contribution in [0.2, 0.25) is 5.02 Å². The Hall–Kier alpha value is -0.380. The van der Waals surface area contributed by atoms with E-state index in [4.69, 9.17) is 11.6 Å². The van der Waals surface area contributed by atoms with Gasteiger partial charge >= 0.3 is 0 Å². The van der Waals surface area contributed by atoms with Gasteiger partial charge in [-0.2, -0.15) is 0 Å². The van der Waals surface area contributed by atoms with E-state index in [1.807, 2.05) is 36.4 Å². The van der Waals surface area contributed by atoms with E-state index in [0.29, 0.717) is 11.4 Å². The molecule has 20 heavy (non-hydrogen) atoms. The van der Waals surface area contributed by atoms with Gasteiger partial charge in [0, 0.05) is 21.1 Å². The van der Waals surface area contributed by atoms with Crippen LogP contribution in [-0.4, -0.2) is 10.7 Å². The van der Waals surface area contributed by atoms with Gasteiger partial charge < -0.3 is 0 Å². The Morgan fingerprint density at radius 1 is 0.950 bits per heavy atom. The zero-order valence-electron chi connectivity index (χ0n) is 10.8. The Kier molecular flexibility index (Phi) is 5.65. The summed E-state index contributed by atoms with van der Waals surface area (Å²) in [6.45, 7) is 0. The van der Waals surface area contributed by atoms with E-state index in [1.54, 1.807) is 6.07 Å². The highest BCUT2D eigenvalue weighted by molar-refractivity contribution is 9.09. The minimum Gasteiger partial charge on any atom is -0.207 e. The molecule has 0 bridgehead atoms. The van der Waals surface area contributed by atoms with Crippen LogP contribution < -0.4 is 0 Å². The molecule has 0 radical (unpaired) electrons. The molecule has 0 amide bonds. The van der Waals surface area contributed by atoms with Gasteiger partial charge in [-0.3, -0.25) is 0 Å². The second-order valence-electron chi connectivity index (χ2n) is 4.82. The van der Waals surface area contributed by atoms with Gasteiger partial charge in [0.2, 0.25) is 0 Å². The number of hydrogen-bond donors (Lipinski definition) is 0. The highest BCUT2D eigenvalue weighted by atomic mass is 79.9. The molecule has 0 heterocycles. The smallest absolute Gasteiger partial charge is 0.126 e. The van der Waals surface area contributed by atoms with Crippen LogP contribution in [0, 0.1) is 5.82 Å². The Morgan fingerprint density at radius 2 is 1.55 bits per heavy atom. The van der Waals surface area contributed by atoms with Crippen LogP contribution >= 0.6 is 43.5 Å². The van der Waals surface area contributed by atoms with Crippen LogP contribution in [0.5, 0.6) is 0 Å². The second-order valence-corrected chi connectivity index (χ2v) is 6.38. The van der Waals surface area contributed by atoms with Crippen molar-refractivity contribution in [3.8, 4) is 0 Å².